The molecule has 0 bridgehead atoms. The normalized spacial score (nSPS) is 14.0. The Labute approximate surface area is 197 Å². The smallest absolute Gasteiger partial charge is 0.168 e. The van der Waals surface area contributed by atoms with E-state index >= 15 is 0 Å². The van der Waals surface area contributed by atoms with Crippen molar-refractivity contribution in [2.75, 3.05) is 32.8 Å². The second-order valence-electron chi connectivity index (χ2n) is 8.13. The molecule has 0 atom stereocenters. The van der Waals surface area contributed by atoms with Crippen molar-refractivity contribution in [1.29, 1.82) is 0 Å². The molecule has 178 valence electrons. The number of pyridine rings is 1. The lowest BCUT2D eigenvalue weighted by atomic mass is 10.2. The Morgan fingerprint density at radius 3 is 1.78 bits per heavy atom. The second kappa shape index (κ2) is 20.6. The molecule has 4 nitrogen and oxygen atoms in total. The molecule has 1 N–H and O–H groups in total. The van der Waals surface area contributed by atoms with Gasteiger partial charge < -0.3 is 14.9 Å². The molecule has 0 saturated heterocycles. The fourth-order valence-electron chi connectivity index (χ4n) is 3.29. The van der Waals surface area contributed by atoms with Crippen LogP contribution in [0.5, 0.6) is 0 Å². The lowest BCUT2D eigenvalue weighted by molar-refractivity contribution is -0.697. The quantitative estimate of drug-likeness (QED) is 0.365. The van der Waals surface area contributed by atoms with Gasteiger partial charge in [0.2, 0.25) is 0 Å². The number of aliphatic hydroxyl groups is 1. The SMILES string of the molecule is CCCCCCN1C=CC=CC1.CCCC[n+]1ccccc1.OCCCN1C=CC=CC1. The number of rotatable bonds is 11. The average Bonchev–Trinajstić information content (AvgIpc) is 2.87. The van der Waals surface area contributed by atoms with Crippen LogP contribution in [0.4, 0.5) is 0 Å². The first-order chi connectivity index (χ1) is 15.8. The molecular weight excluding hydrogens is 394 g/mol. The van der Waals surface area contributed by atoms with Crippen LogP contribution in [-0.4, -0.2) is 47.7 Å². The molecule has 0 unspecified atom stereocenters. The third-order valence-electron chi connectivity index (χ3n) is 5.22. The van der Waals surface area contributed by atoms with E-state index in [2.05, 4.69) is 89.4 Å². The predicted molar refractivity (Wildman–Crippen MR) is 137 cm³/mol. The van der Waals surface area contributed by atoms with Crippen molar-refractivity contribution in [3.05, 3.63) is 79.4 Å². The van der Waals surface area contributed by atoms with Gasteiger partial charge in [-0.05, 0) is 37.4 Å². The zero-order valence-corrected chi connectivity index (χ0v) is 20.5. The van der Waals surface area contributed by atoms with Crippen molar-refractivity contribution in [3.63, 3.8) is 0 Å². The number of unbranched alkanes of at least 4 members (excludes halogenated alkanes) is 4. The van der Waals surface area contributed by atoms with E-state index in [1.165, 1.54) is 45.1 Å². The van der Waals surface area contributed by atoms with Gasteiger partial charge in [0.1, 0.15) is 6.54 Å². The van der Waals surface area contributed by atoms with Crippen molar-refractivity contribution in [2.24, 2.45) is 0 Å². The molecule has 2 aliphatic heterocycles. The lowest BCUT2D eigenvalue weighted by Crippen LogP contribution is -2.31. The van der Waals surface area contributed by atoms with Crippen LogP contribution in [0.3, 0.4) is 0 Å². The van der Waals surface area contributed by atoms with Crippen molar-refractivity contribution in [3.8, 4) is 0 Å². The summed E-state index contributed by atoms with van der Waals surface area (Å²) in [6, 6.07) is 6.17. The van der Waals surface area contributed by atoms with Crippen molar-refractivity contribution in [1.82, 2.24) is 9.80 Å². The fraction of sp³-hybridized carbons (Fsp3) is 0.536. The van der Waals surface area contributed by atoms with Gasteiger partial charge in [0, 0.05) is 51.3 Å². The molecule has 0 aromatic carbocycles. The number of allylic oxidation sites excluding steroid dienone is 4. The third kappa shape index (κ3) is 15.5. The number of aryl methyl sites for hydroxylation is 1. The molecule has 0 aliphatic carbocycles. The highest BCUT2D eigenvalue weighted by Gasteiger charge is 1.98. The summed E-state index contributed by atoms with van der Waals surface area (Å²) in [7, 11) is 0. The summed E-state index contributed by atoms with van der Waals surface area (Å²) in [5, 5.41) is 8.53. The van der Waals surface area contributed by atoms with Crippen molar-refractivity contribution in [2.45, 2.75) is 65.3 Å². The van der Waals surface area contributed by atoms with Gasteiger partial charge >= 0.3 is 0 Å². The summed E-state index contributed by atoms with van der Waals surface area (Å²) in [5.41, 5.74) is 0. The summed E-state index contributed by atoms with van der Waals surface area (Å²) in [5.74, 6) is 0. The molecule has 3 heterocycles. The van der Waals surface area contributed by atoms with Gasteiger partial charge in [-0.3, -0.25) is 0 Å². The van der Waals surface area contributed by atoms with Gasteiger partial charge in [-0.25, -0.2) is 4.57 Å². The first kappa shape index (κ1) is 27.7. The van der Waals surface area contributed by atoms with E-state index in [0.29, 0.717) is 0 Å². The maximum atomic E-state index is 8.53. The molecule has 32 heavy (non-hydrogen) atoms. The van der Waals surface area contributed by atoms with E-state index in [1.807, 2.05) is 18.2 Å². The number of hydrogen-bond donors (Lipinski definition) is 1. The molecule has 0 saturated carbocycles. The number of aliphatic hydroxyl groups excluding tert-OH is 1. The van der Waals surface area contributed by atoms with E-state index < -0.39 is 0 Å². The molecule has 3 rings (SSSR count). The Kier molecular flexibility index (Phi) is 17.8. The Morgan fingerprint density at radius 1 is 0.688 bits per heavy atom. The van der Waals surface area contributed by atoms with E-state index in [4.69, 9.17) is 5.11 Å². The molecule has 0 radical (unpaired) electrons. The fourth-order valence-corrected chi connectivity index (χ4v) is 3.29. The highest BCUT2D eigenvalue weighted by atomic mass is 16.3. The second-order valence-corrected chi connectivity index (χ2v) is 8.13. The summed E-state index contributed by atoms with van der Waals surface area (Å²) in [6.45, 7) is 10.2. The highest BCUT2D eigenvalue weighted by Crippen LogP contribution is 2.04. The predicted octanol–water partition coefficient (Wildman–Crippen LogP) is 5.48. The van der Waals surface area contributed by atoms with Crippen LogP contribution in [0.2, 0.25) is 0 Å². The summed E-state index contributed by atoms with van der Waals surface area (Å²) in [6.07, 6.45) is 29.9. The highest BCUT2D eigenvalue weighted by molar-refractivity contribution is 5.08. The zero-order valence-electron chi connectivity index (χ0n) is 20.5. The monoisotopic (exact) mass is 440 g/mol. The molecular formula is C28H46N3O+. The summed E-state index contributed by atoms with van der Waals surface area (Å²) < 4.78 is 2.21. The molecule has 0 fully saturated rings. The van der Waals surface area contributed by atoms with E-state index in [-0.39, 0.29) is 6.61 Å². The van der Waals surface area contributed by atoms with E-state index in [9.17, 15) is 0 Å². The van der Waals surface area contributed by atoms with Crippen LogP contribution in [0.25, 0.3) is 0 Å². The number of nitrogens with zero attached hydrogens (tertiary/aromatic N) is 3. The minimum Gasteiger partial charge on any atom is -0.396 e. The maximum absolute atomic E-state index is 8.53. The molecule has 0 spiro atoms. The lowest BCUT2D eigenvalue weighted by Gasteiger charge is -2.19. The van der Waals surface area contributed by atoms with Gasteiger partial charge in [0.15, 0.2) is 12.4 Å². The van der Waals surface area contributed by atoms with Crippen LogP contribution >= 0.6 is 0 Å². The van der Waals surface area contributed by atoms with Gasteiger partial charge in [0.05, 0.1) is 0 Å². The topological polar surface area (TPSA) is 30.6 Å². The Bertz CT molecular complexity index is 652. The van der Waals surface area contributed by atoms with Crippen molar-refractivity contribution >= 4 is 0 Å². The van der Waals surface area contributed by atoms with Gasteiger partial charge in [-0.15, -0.1) is 0 Å². The first-order valence-corrected chi connectivity index (χ1v) is 12.5. The molecule has 1 aromatic heterocycles. The van der Waals surface area contributed by atoms with E-state index in [1.54, 1.807) is 0 Å². The first-order valence-electron chi connectivity index (χ1n) is 12.5. The van der Waals surface area contributed by atoms with Gasteiger partial charge in [0.25, 0.3) is 0 Å². The standard InChI is InChI=1S/C11H19N.C9H14N.C8H13NO/c1-2-3-4-6-9-12-10-7-5-8-11-12;1-2-3-7-10-8-5-4-6-9-10;10-8-4-7-9-5-2-1-3-6-9/h5,7-8,10H,2-4,6,9,11H2,1H3;4-6,8-9H,2-3,7H2,1H3;1-3,5,10H,4,6-8H2/q;+1;. The largest absolute Gasteiger partial charge is 0.396 e. The molecule has 1 aromatic rings. The van der Waals surface area contributed by atoms with Crippen LogP contribution < -0.4 is 4.57 Å². The van der Waals surface area contributed by atoms with Crippen molar-refractivity contribution < 1.29 is 9.67 Å². The van der Waals surface area contributed by atoms with E-state index in [0.717, 1.165) is 32.6 Å². The number of aromatic nitrogens is 1. The zero-order chi connectivity index (χ0) is 23.1. The molecule has 0 amide bonds. The van der Waals surface area contributed by atoms with Gasteiger partial charge in [-0.1, -0.05) is 69.9 Å². The molecule has 2 aliphatic rings. The van der Waals surface area contributed by atoms with Crippen LogP contribution in [-0.2, 0) is 6.54 Å². The van der Waals surface area contributed by atoms with Crippen LogP contribution in [0.15, 0.2) is 79.4 Å². The Morgan fingerprint density at radius 2 is 1.28 bits per heavy atom. The Balaban J connectivity index is 0.000000241. The number of hydrogen-bond acceptors (Lipinski definition) is 3. The average molecular weight is 441 g/mol. The summed E-state index contributed by atoms with van der Waals surface area (Å²) >= 11 is 0. The van der Waals surface area contributed by atoms with Crippen LogP contribution in [0, 0.1) is 0 Å². The maximum Gasteiger partial charge on any atom is 0.168 e. The van der Waals surface area contributed by atoms with Crippen LogP contribution in [0.1, 0.15) is 58.8 Å². The van der Waals surface area contributed by atoms with Gasteiger partial charge in [-0.2, -0.15) is 0 Å². The molecule has 4 heteroatoms. The summed E-state index contributed by atoms with van der Waals surface area (Å²) in [4.78, 5) is 4.55. The Hall–Kier alpha value is -2.33. The third-order valence-corrected chi connectivity index (χ3v) is 5.22. The minimum atomic E-state index is 0.286. The minimum absolute atomic E-state index is 0.286.